The number of aliphatic imine (C=N–C) groups is 1. The van der Waals surface area contributed by atoms with E-state index in [0.29, 0.717) is 17.7 Å². The molecular formula is C22H30N4O2S. The third kappa shape index (κ3) is 3.74. The number of aromatic amines is 1. The SMILES string of the molecule is CC1(CC2CCN(C(=O)c3ccc[nH]3)CC2)SC(N[C@H]2C[C@H]3CC[C@H]2C3)=NC1=O. The lowest BCUT2D eigenvalue weighted by Gasteiger charge is -2.34. The normalized spacial score (nSPS) is 34.7. The Morgan fingerprint density at radius 1 is 1.31 bits per heavy atom. The molecule has 0 aromatic carbocycles. The maximum atomic E-state index is 12.7. The molecule has 4 aliphatic rings. The number of piperidine rings is 1. The Morgan fingerprint density at radius 2 is 2.14 bits per heavy atom. The van der Waals surface area contributed by atoms with Crippen LogP contribution in [-0.2, 0) is 4.79 Å². The van der Waals surface area contributed by atoms with Crippen LogP contribution in [-0.4, -0.2) is 50.7 Å². The summed E-state index contributed by atoms with van der Waals surface area (Å²) in [5.41, 5.74) is 0.654. The van der Waals surface area contributed by atoms with E-state index in [-0.39, 0.29) is 11.8 Å². The highest BCUT2D eigenvalue weighted by Gasteiger charge is 2.46. The van der Waals surface area contributed by atoms with Gasteiger partial charge in [0.05, 0.1) is 0 Å². The van der Waals surface area contributed by atoms with Crippen molar-refractivity contribution in [3.8, 4) is 0 Å². The second-order valence-electron chi connectivity index (χ2n) is 9.50. The van der Waals surface area contributed by atoms with Gasteiger partial charge in [0.25, 0.3) is 11.8 Å². The van der Waals surface area contributed by atoms with Crippen LogP contribution in [0, 0.1) is 17.8 Å². The van der Waals surface area contributed by atoms with Crippen LogP contribution in [0.3, 0.4) is 0 Å². The second kappa shape index (κ2) is 7.49. The predicted octanol–water partition coefficient (Wildman–Crippen LogP) is 3.42. The number of hydrogen-bond donors (Lipinski definition) is 2. The summed E-state index contributed by atoms with van der Waals surface area (Å²) in [6.45, 7) is 3.57. The Hall–Kier alpha value is -1.76. The molecule has 1 unspecified atom stereocenters. The van der Waals surface area contributed by atoms with Crippen molar-refractivity contribution in [3.05, 3.63) is 24.0 Å². The minimum atomic E-state index is -0.462. The molecule has 2 bridgehead atoms. The van der Waals surface area contributed by atoms with E-state index < -0.39 is 4.75 Å². The molecule has 1 saturated heterocycles. The Morgan fingerprint density at radius 3 is 2.79 bits per heavy atom. The number of amides is 2. The van der Waals surface area contributed by atoms with Crippen LogP contribution in [0.2, 0.25) is 0 Å². The molecule has 1 aromatic rings. The lowest BCUT2D eigenvalue weighted by molar-refractivity contribution is -0.119. The van der Waals surface area contributed by atoms with Crippen molar-refractivity contribution in [1.29, 1.82) is 0 Å². The summed E-state index contributed by atoms with van der Waals surface area (Å²) in [7, 11) is 0. The number of carbonyl (C=O) groups is 2. The second-order valence-corrected chi connectivity index (χ2v) is 11.0. The van der Waals surface area contributed by atoms with E-state index in [2.05, 4.69) is 22.2 Å². The molecule has 7 heteroatoms. The topological polar surface area (TPSA) is 77.6 Å². The van der Waals surface area contributed by atoms with Gasteiger partial charge >= 0.3 is 0 Å². The van der Waals surface area contributed by atoms with Gasteiger partial charge in [-0.2, -0.15) is 4.99 Å². The van der Waals surface area contributed by atoms with Crippen molar-refractivity contribution in [1.82, 2.24) is 15.2 Å². The quantitative estimate of drug-likeness (QED) is 0.791. The first-order valence-electron chi connectivity index (χ1n) is 11.0. The fourth-order valence-electron chi connectivity index (χ4n) is 5.79. The molecule has 29 heavy (non-hydrogen) atoms. The number of H-pyrrole nitrogens is 1. The first-order chi connectivity index (χ1) is 14.0. The number of carbonyl (C=O) groups excluding carboxylic acids is 2. The third-order valence-corrected chi connectivity index (χ3v) is 8.63. The van der Waals surface area contributed by atoms with E-state index in [1.807, 2.05) is 17.0 Å². The largest absolute Gasteiger partial charge is 0.361 e. The molecule has 2 N–H and O–H groups in total. The fraction of sp³-hybridized carbons (Fsp3) is 0.682. The van der Waals surface area contributed by atoms with Gasteiger partial charge in [-0.25, -0.2) is 0 Å². The molecule has 0 spiro atoms. The average molecular weight is 415 g/mol. The van der Waals surface area contributed by atoms with Crippen molar-refractivity contribution in [2.45, 2.75) is 62.7 Å². The number of fused-ring (bicyclic) bond motifs is 2. The number of amidine groups is 1. The Bertz CT molecular complexity index is 815. The van der Waals surface area contributed by atoms with E-state index in [0.717, 1.165) is 49.4 Å². The zero-order valence-electron chi connectivity index (χ0n) is 17.0. The van der Waals surface area contributed by atoms with Crippen LogP contribution in [0.1, 0.15) is 62.4 Å². The van der Waals surface area contributed by atoms with Crippen LogP contribution in [0.15, 0.2) is 23.3 Å². The smallest absolute Gasteiger partial charge is 0.270 e. The Labute approximate surface area is 176 Å². The number of nitrogens with zero attached hydrogens (tertiary/aromatic N) is 2. The number of thioether (sulfide) groups is 1. The number of likely N-dealkylation sites (tertiary alicyclic amines) is 1. The molecular weight excluding hydrogens is 384 g/mol. The highest BCUT2D eigenvalue weighted by Crippen LogP contribution is 2.46. The summed E-state index contributed by atoms with van der Waals surface area (Å²) in [6.07, 6.45) is 9.81. The summed E-state index contributed by atoms with van der Waals surface area (Å²) in [5, 5.41) is 4.45. The molecule has 156 valence electrons. The van der Waals surface area contributed by atoms with Gasteiger partial charge in [0, 0.05) is 25.3 Å². The maximum Gasteiger partial charge on any atom is 0.270 e. The molecule has 2 aliphatic heterocycles. The molecule has 0 radical (unpaired) electrons. The van der Waals surface area contributed by atoms with Crippen molar-refractivity contribution in [3.63, 3.8) is 0 Å². The van der Waals surface area contributed by atoms with E-state index >= 15 is 0 Å². The summed E-state index contributed by atoms with van der Waals surface area (Å²) in [4.78, 5) is 34.5. The molecule has 6 nitrogen and oxygen atoms in total. The number of nitrogens with one attached hydrogen (secondary N) is 2. The zero-order valence-corrected chi connectivity index (χ0v) is 17.8. The van der Waals surface area contributed by atoms with Crippen LogP contribution < -0.4 is 5.32 Å². The number of rotatable bonds is 4. The molecule has 5 rings (SSSR count). The third-order valence-electron chi connectivity index (χ3n) is 7.43. The van der Waals surface area contributed by atoms with Gasteiger partial charge in [-0.3, -0.25) is 9.59 Å². The molecule has 3 fully saturated rings. The summed E-state index contributed by atoms with van der Waals surface area (Å²) in [6, 6.07) is 4.19. The monoisotopic (exact) mass is 414 g/mol. The number of hydrogen-bond acceptors (Lipinski definition) is 4. The standard InChI is InChI=1S/C22H30N4O2S/c1-22(13-14-6-9-26(10-7-14)19(27)17-3-2-8-23-17)20(28)25-21(29-22)24-18-12-15-4-5-16(18)11-15/h2-3,8,14-16,18,23H,4-7,9-13H2,1H3,(H,24,25,28)/t15-,16-,18-,22?/m0/s1. The minimum absolute atomic E-state index is 0.0121. The van der Waals surface area contributed by atoms with Gasteiger partial charge in [-0.05, 0) is 75.3 Å². The Kier molecular flexibility index (Phi) is 4.96. The molecule has 3 heterocycles. The van der Waals surface area contributed by atoms with Crippen molar-refractivity contribution >= 4 is 28.7 Å². The van der Waals surface area contributed by atoms with Gasteiger partial charge in [0.15, 0.2) is 5.17 Å². The summed E-state index contributed by atoms with van der Waals surface area (Å²) < 4.78 is -0.462. The lowest BCUT2D eigenvalue weighted by Crippen LogP contribution is -2.41. The highest BCUT2D eigenvalue weighted by atomic mass is 32.2. The van der Waals surface area contributed by atoms with Crippen molar-refractivity contribution < 1.29 is 9.59 Å². The lowest BCUT2D eigenvalue weighted by atomic mass is 9.87. The van der Waals surface area contributed by atoms with Gasteiger partial charge in [-0.15, -0.1) is 0 Å². The first kappa shape index (κ1) is 19.2. The molecule has 1 aromatic heterocycles. The average Bonchev–Trinajstić information content (AvgIpc) is 3.48. The molecule has 4 atom stereocenters. The molecule has 2 saturated carbocycles. The van der Waals surface area contributed by atoms with E-state index in [1.54, 1.807) is 18.0 Å². The first-order valence-corrected chi connectivity index (χ1v) is 11.8. The predicted molar refractivity (Wildman–Crippen MR) is 115 cm³/mol. The van der Waals surface area contributed by atoms with Crippen LogP contribution >= 0.6 is 11.8 Å². The van der Waals surface area contributed by atoms with E-state index in [9.17, 15) is 9.59 Å². The van der Waals surface area contributed by atoms with Crippen molar-refractivity contribution in [2.24, 2.45) is 22.7 Å². The maximum absolute atomic E-state index is 12.7. The Balaban J connectivity index is 1.13. The summed E-state index contributed by atoms with van der Waals surface area (Å²) >= 11 is 1.64. The van der Waals surface area contributed by atoms with Crippen LogP contribution in [0.4, 0.5) is 0 Å². The highest BCUT2D eigenvalue weighted by molar-refractivity contribution is 8.16. The van der Waals surface area contributed by atoms with Crippen LogP contribution in [0.5, 0.6) is 0 Å². The van der Waals surface area contributed by atoms with Gasteiger partial charge in [-0.1, -0.05) is 18.2 Å². The molecule has 2 amide bonds. The van der Waals surface area contributed by atoms with Crippen molar-refractivity contribution in [2.75, 3.05) is 13.1 Å². The number of aromatic nitrogens is 1. The minimum Gasteiger partial charge on any atom is -0.361 e. The summed E-state index contributed by atoms with van der Waals surface area (Å²) in [5.74, 6) is 2.20. The van der Waals surface area contributed by atoms with Gasteiger partial charge < -0.3 is 15.2 Å². The molecule has 2 aliphatic carbocycles. The fourth-order valence-corrected chi connectivity index (χ4v) is 7.00. The van der Waals surface area contributed by atoms with Gasteiger partial charge in [0.1, 0.15) is 10.4 Å². The van der Waals surface area contributed by atoms with E-state index in [4.69, 9.17) is 0 Å². The van der Waals surface area contributed by atoms with E-state index in [1.165, 1.54) is 25.7 Å². The van der Waals surface area contributed by atoms with Crippen LogP contribution in [0.25, 0.3) is 0 Å². The zero-order chi connectivity index (χ0) is 20.0. The van der Waals surface area contributed by atoms with Gasteiger partial charge in [0.2, 0.25) is 0 Å².